The van der Waals surface area contributed by atoms with Crippen molar-refractivity contribution in [2.24, 2.45) is 0 Å². The highest BCUT2D eigenvalue weighted by molar-refractivity contribution is 7.90. The molecule has 3 heterocycles. The van der Waals surface area contributed by atoms with Gasteiger partial charge in [0.1, 0.15) is 0 Å². The van der Waals surface area contributed by atoms with Crippen LogP contribution in [0.3, 0.4) is 0 Å². The number of rotatable bonds is 7. The first kappa shape index (κ1) is 27.6. The van der Waals surface area contributed by atoms with Crippen molar-refractivity contribution in [3.05, 3.63) is 131 Å². The summed E-state index contributed by atoms with van der Waals surface area (Å²) in [7, 11) is -3.99. The lowest BCUT2D eigenvalue weighted by Crippen LogP contribution is -2.44. The SMILES string of the molecule is O=C(NS(=O)(=O)c1ccccc1)c1ccc(C=CC(=O)C2Cc3c([nH]c4ccccc34)C(c3ccc4c(c3)OCO4)N2)cc1. The second kappa shape index (κ2) is 11.1. The van der Waals surface area contributed by atoms with Gasteiger partial charge in [-0.2, -0.15) is 0 Å². The maximum atomic E-state index is 13.5. The Hall–Kier alpha value is -5.19. The van der Waals surface area contributed by atoms with Crippen molar-refractivity contribution in [3.63, 3.8) is 0 Å². The Morgan fingerprint density at radius 3 is 2.43 bits per heavy atom. The third kappa shape index (κ3) is 5.25. The number of amides is 1. The van der Waals surface area contributed by atoms with E-state index in [1.807, 2.05) is 36.4 Å². The van der Waals surface area contributed by atoms with E-state index in [-0.39, 0.29) is 29.1 Å². The zero-order chi connectivity index (χ0) is 30.3. The maximum Gasteiger partial charge on any atom is 0.264 e. The predicted molar refractivity (Wildman–Crippen MR) is 165 cm³/mol. The molecule has 0 radical (unpaired) electrons. The minimum Gasteiger partial charge on any atom is -0.454 e. The average Bonchev–Trinajstić information content (AvgIpc) is 3.68. The summed E-state index contributed by atoms with van der Waals surface area (Å²) < 4.78 is 38.2. The molecule has 9 nitrogen and oxygen atoms in total. The molecule has 2 atom stereocenters. The summed E-state index contributed by atoms with van der Waals surface area (Å²) in [5.41, 5.74) is 4.94. The molecule has 2 aliphatic rings. The van der Waals surface area contributed by atoms with E-state index in [1.54, 1.807) is 36.4 Å². The van der Waals surface area contributed by atoms with Crippen LogP contribution in [0.25, 0.3) is 17.0 Å². The van der Waals surface area contributed by atoms with E-state index in [1.165, 1.54) is 30.3 Å². The van der Waals surface area contributed by atoms with Crippen molar-refractivity contribution in [1.29, 1.82) is 0 Å². The van der Waals surface area contributed by atoms with Crippen molar-refractivity contribution in [1.82, 2.24) is 15.0 Å². The summed E-state index contributed by atoms with van der Waals surface area (Å²) in [5.74, 6) is 0.529. The molecule has 0 saturated carbocycles. The Morgan fingerprint density at radius 2 is 1.61 bits per heavy atom. The minimum absolute atomic E-state index is 0.00302. The molecule has 10 heteroatoms. The number of aromatic amines is 1. The minimum atomic E-state index is -3.99. The van der Waals surface area contributed by atoms with Crippen molar-refractivity contribution in [2.75, 3.05) is 6.79 Å². The number of hydrogen-bond donors (Lipinski definition) is 3. The largest absolute Gasteiger partial charge is 0.454 e. The number of carbonyl (C=O) groups is 2. The van der Waals surface area contributed by atoms with Gasteiger partial charge in [0, 0.05) is 22.2 Å². The first-order valence-corrected chi connectivity index (χ1v) is 15.5. The molecule has 44 heavy (non-hydrogen) atoms. The molecule has 2 aliphatic heterocycles. The lowest BCUT2D eigenvalue weighted by atomic mass is 9.88. The molecule has 0 bridgehead atoms. The molecule has 220 valence electrons. The van der Waals surface area contributed by atoms with Gasteiger partial charge in [-0.3, -0.25) is 14.9 Å². The number of benzene rings is 4. The van der Waals surface area contributed by atoms with Crippen LogP contribution in [0.5, 0.6) is 11.5 Å². The highest BCUT2D eigenvalue weighted by Crippen LogP contribution is 2.39. The maximum absolute atomic E-state index is 13.5. The number of ketones is 1. The monoisotopic (exact) mass is 605 g/mol. The van der Waals surface area contributed by atoms with Crippen LogP contribution < -0.4 is 19.5 Å². The van der Waals surface area contributed by atoms with Crippen molar-refractivity contribution in [3.8, 4) is 11.5 Å². The molecule has 7 rings (SSSR count). The summed E-state index contributed by atoms with van der Waals surface area (Å²) in [5, 5.41) is 4.62. The van der Waals surface area contributed by atoms with Gasteiger partial charge in [-0.15, -0.1) is 0 Å². The molecule has 4 aromatic carbocycles. The van der Waals surface area contributed by atoms with Crippen LogP contribution in [0.1, 0.15) is 38.8 Å². The Labute approximate surface area is 253 Å². The fraction of sp³-hybridized carbons (Fsp3) is 0.118. The third-order valence-electron chi connectivity index (χ3n) is 7.88. The molecular weight excluding hydrogens is 578 g/mol. The standard InChI is InChI=1S/C34H27N3O6S/c38-29(16-12-21-10-13-22(14-11-21)34(39)37-44(40,41)24-6-2-1-3-7-24)28-19-26-25-8-4-5-9-27(25)35-33(26)32(36-28)23-15-17-30-31(18-23)43-20-42-30/h1-18,28,32,35-36H,19-20H2,(H,37,39). The average molecular weight is 606 g/mol. The van der Waals surface area contributed by atoms with Crippen LogP contribution in [0.2, 0.25) is 0 Å². The van der Waals surface area contributed by atoms with Crippen LogP contribution >= 0.6 is 0 Å². The molecular formula is C34H27N3O6S. The van der Waals surface area contributed by atoms with Crippen molar-refractivity contribution < 1.29 is 27.5 Å². The summed E-state index contributed by atoms with van der Waals surface area (Å²) in [6.07, 6.45) is 3.73. The van der Waals surface area contributed by atoms with Crippen LogP contribution in [-0.4, -0.2) is 37.9 Å². The first-order chi connectivity index (χ1) is 21.4. The molecule has 1 aromatic heterocycles. The molecule has 5 aromatic rings. The van der Waals surface area contributed by atoms with E-state index < -0.39 is 22.0 Å². The van der Waals surface area contributed by atoms with E-state index in [0.29, 0.717) is 23.5 Å². The van der Waals surface area contributed by atoms with Gasteiger partial charge in [-0.05, 0) is 71.7 Å². The second-order valence-electron chi connectivity index (χ2n) is 10.6. The van der Waals surface area contributed by atoms with Crippen LogP contribution in [0.15, 0.2) is 108 Å². The zero-order valence-corrected chi connectivity index (χ0v) is 24.1. The molecule has 0 aliphatic carbocycles. The topological polar surface area (TPSA) is 127 Å². The highest BCUT2D eigenvalue weighted by atomic mass is 32.2. The Balaban J connectivity index is 1.09. The molecule has 0 saturated heterocycles. The van der Waals surface area contributed by atoms with Gasteiger partial charge in [-0.1, -0.05) is 60.7 Å². The van der Waals surface area contributed by atoms with Gasteiger partial charge in [0.05, 0.1) is 17.0 Å². The lowest BCUT2D eigenvalue weighted by molar-refractivity contribution is -0.116. The number of ether oxygens (including phenoxy) is 2. The molecule has 2 unspecified atom stereocenters. The van der Waals surface area contributed by atoms with E-state index in [4.69, 9.17) is 9.47 Å². The van der Waals surface area contributed by atoms with E-state index in [0.717, 1.165) is 27.7 Å². The van der Waals surface area contributed by atoms with Gasteiger partial charge in [0.15, 0.2) is 17.3 Å². The van der Waals surface area contributed by atoms with Crippen molar-refractivity contribution in [2.45, 2.75) is 23.4 Å². The van der Waals surface area contributed by atoms with Gasteiger partial charge in [-0.25, -0.2) is 13.1 Å². The molecule has 0 spiro atoms. The Bertz CT molecular complexity index is 2040. The van der Waals surface area contributed by atoms with Gasteiger partial charge in [0.2, 0.25) is 6.79 Å². The predicted octanol–water partition coefficient (Wildman–Crippen LogP) is 4.90. The van der Waals surface area contributed by atoms with E-state index >= 15 is 0 Å². The smallest absolute Gasteiger partial charge is 0.264 e. The molecule has 0 fully saturated rings. The second-order valence-corrected chi connectivity index (χ2v) is 12.3. The van der Waals surface area contributed by atoms with Crippen molar-refractivity contribution >= 4 is 38.7 Å². The Kier molecular flexibility index (Phi) is 7.00. The van der Waals surface area contributed by atoms with Gasteiger partial charge < -0.3 is 14.5 Å². The normalized spacial score (nSPS) is 17.5. The molecule has 1 amide bonds. The number of nitrogens with one attached hydrogen (secondary N) is 3. The summed E-state index contributed by atoms with van der Waals surface area (Å²) in [4.78, 5) is 29.7. The fourth-order valence-electron chi connectivity index (χ4n) is 5.65. The zero-order valence-electron chi connectivity index (χ0n) is 23.3. The third-order valence-corrected chi connectivity index (χ3v) is 9.23. The van der Waals surface area contributed by atoms with E-state index in [2.05, 4.69) is 21.1 Å². The number of carbonyl (C=O) groups excluding carboxylic acids is 2. The van der Waals surface area contributed by atoms with Crippen LogP contribution in [-0.2, 0) is 21.2 Å². The first-order valence-electron chi connectivity index (χ1n) is 14.0. The number of fused-ring (bicyclic) bond motifs is 4. The molecule has 3 N–H and O–H groups in total. The Morgan fingerprint density at radius 1 is 0.864 bits per heavy atom. The highest BCUT2D eigenvalue weighted by Gasteiger charge is 2.34. The number of para-hydroxylation sites is 1. The lowest BCUT2D eigenvalue weighted by Gasteiger charge is -2.30. The summed E-state index contributed by atoms with van der Waals surface area (Å²) >= 11 is 0. The van der Waals surface area contributed by atoms with Crippen LogP contribution in [0, 0.1) is 0 Å². The summed E-state index contributed by atoms with van der Waals surface area (Å²) in [6, 6.07) is 27.2. The number of hydrogen-bond acceptors (Lipinski definition) is 7. The quantitative estimate of drug-likeness (QED) is 0.225. The van der Waals surface area contributed by atoms with Crippen LogP contribution in [0.4, 0.5) is 0 Å². The fourth-order valence-corrected chi connectivity index (χ4v) is 6.65. The van der Waals surface area contributed by atoms with Gasteiger partial charge in [0.25, 0.3) is 15.9 Å². The number of H-pyrrole nitrogens is 1. The van der Waals surface area contributed by atoms with Gasteiger partial charge >= 0.3 is 0 Å². The number of aromatic nitrogens is 1. The number of sulfonamides is 1. The van der Waals surface area contributed by atoms with E-state index in [9.17, 15) is 18.0 Å². The summed E-state index contributed by atoms with van der Waals surface area (Å²) in [6.45, 7) is 0.179.